The number of rotatable bonds is 6. The fraction of sp³-hybridized carbons (Fsp3) is 0.417. The van der Waals surface area contributed by atoms with Crippen LogP contribution >= 0.6 is 23.2 Å². The second kappa shape index (κ2) is 10.6. The van der Waals surface area contributed by atoms with Crippen LogP contribution in [0.15, 0.2) is 42.5 Å². The van der Waals surface area contributed by atoms with Crippen molar-refractivity contribution in [2.24, 2.45) is 0 Å². The molecule has 176 valence electrons. The maximum Gasteiger partial charge on any atom is 0.241 e. The van der Waals surface area contributed by atoms with Crippen molar-refractivity contribution in [3.05, 3.63) is 52.5 Å². The van der Waals surface area contributed by atoms with Crippen LogP contribution in [0.4, 0.5) is 11.4 Å². The summed E-state index contributed by atoms with van der Waals surface area (Å²) < 4.78 is 5.22. The van der Waals surface area contributed by atoms with Gasteiger partial charge >= 0.3 is 0 Å². The molecule has 1 atom stereocenters. The Morgan fingerprint density at radius 3 is 2.45 bits per heavy atom. The molecule has 2 aliphatic rings. The fourth-order valence-corrected chi connectivity index (χ4v) is 4.74. The van der Waals surface area contributed by atoms with Gasteiger partial charge in [-0.1, -0.05) is 23.2 Å². The number of ether oxygens (including phenoxy) is 1. The molecule has 2 amide bonds. The molecule has 9 heteroatoms. The van der Waals surface area contributed by atoms with Gasteiger partial charge in [0.1, 0.15) is 5.75 Å². The summed E-state index contributed by atoms with van der Waals surface area (Å²) in [5, 5.41) is 3.81. The molecule has 0 aromatic heterocycles. The molecule has 0 spiro atoms. The fourth-order valence-electron chi connectivity index (χ4n) is 4.40. The van der Waals surface area contributed by atoms with Crippen LogP contribution in [-0.2, 0) is 9.59 Å². The standard InChI is InChI=1S/C24H28Cl2N4O3/c1-33-19-7-5-18(6-8-19)28-11-13-29(14-12-28)23(31)16-30-10-2-3-22(30)24(32)27-21-15-17(25)4-9-20(21)26/h4-9,15,22H,2-3,10-14,16H2,1H3,(H,27,32). The number of benzene rings is 2. The van der Waals surface area contributed by atoms with Gasteiger partial charge in [-0.25, -0.2) is 0 Å². The van der Waals surface area contributed by atoms with Gasteiger partial charge in [-0.15, -0.1) is 0 Å². The number of carbonyl (C=O) groups excluding carboxylic acids is 2. The number of hydrogen-bond acceptors (Lipinski definition) is 5. The second-order valence-electron chi connectivity index (χ2n) is 8.31. The normalized spacial score (nSPS) is 18.9. The SMILES string of the molecule is COc1ccc(N2CCN(C(=O)CN3CCCC3C(=O)Nc3cc(Cl)ccc3Cl)CC2)cc1. The summed E-state index contributed by atoms with van der Waals surface area (Å²) in [7, 11) is 1.65. The third-order valence-corrected chi connectivity index (χ3v) is 6.83. The van der Waals surface area contributed by atoms with E-state index in [2.05, 4.69) is 10.2 Å². The minimum atomic E-state index is -0.357. The smallest absolute Gasteiger partial charge is 0.241 e. The summed E-state index contributed by atoms with van der Waals surface area (Å²) >= 11 is 12.2. The van der Waals surface area contributed by atoms with Crippen LogP contribution in [0.3, 0.4) is 0 Å². The highest BCUT2D eigenvalue weighted by Crippen LogP contribution is 2.27. The second-order valence-corrected chi connectivity index (χ2v) is 9.15. The van der Waals surface area contributed by atoms with Crippen molar-refractivity contribution in [1.29, 1.82) is 0 Å². The lowest BCUT2D eigenvalue weighted by atomic mass is 10.2. The Morgan fingerprint density at radius 2 is 1.76 bits per heavy atom. The highest BCUT2D eigenvalue weighted by Gasteiger charge is 2.33. The van der Waals surface area contributed by atoms with Gasteiger partial charge in [0.15, 0.2) is 0 Å². The van der Waals surface area contributed by atoms with Gasteiger partial charge in [-0.05, 0) is 61.9 Å². The van der Waals surface area contributed by atoms with E-state index in [1.165, 1.54) is 0 Å². The molecule has 2 aromatic rings. The molecular formula is C24H28Cl2N4O3. The topological polar surface area (TPSA) is 65.1 Å². The Kier molecular flexibility index (Phi) is 7.63. The van der Waals surface area contributed by atoms with Crippen molar-refractivity contribution in [3.8, 4) is 5.75 Å². The third kappa shape index (κ3) is 5.72. The molecule has 2 saturated heterocycles. The molecule has 2 aliphatic heterocycles. The van der Waals surface area contributed by atoms with E-state index in [1.54, 1.807) is 25.3 Å². The average Bonchev–Trinajstić information content (AvgIpc) is 3.30. The highest BCUT2D eigenvalue weighted by molar-refractivity contribution is 6.35. The molecule has 4 rings (SSSR count). The van der Waals surface area contributed by atoms with Crippen LogP contribution in [0.2, 0.25) is 10.0 Å². The number of likely N-dealkylation sites (tertiary alicyclic amines) is 1. The predicted octanol–water partition coefficient (Wildman–Crippen LogP) is 3.75. The van der Waals surface area contributed by atoms with E-state index in [4.69, 9.17) is 27.9 Å². The molecule has 33 heavy (non-hydrogen) atoms. The lowest BCUT2D eigenvalue weighted by Crippen LogP contribution is -2.52. The van der Waals surface area contributed by atoms with Gasteiger partial charge in [0.25, 0.3) is 0 Å². The Bertz CT molecular complexity index is 994. The Morgan fingerprint density at radius 1 is 1.03 bits per heavy atom. The molecule has 0 bridgehead atoms. The van der Waals surface area contributed by atoms with Crippen molar-refractivity contribution in [3.63, 3.8) is 0 Å². The number of hydrogen-bond donors (Lipinski definition) is 1. The van der Waals surface area contributed by atoms with Gasteiger partial charge in [-0.3, -0.25) is 14.5 Å². The number of methoxy groups -OCH3 is 1. The summed E-state index contributed by atoms with van der Waals surface area (Å²) in [6.07, 6.45) is 1.59. The van der Waals surface area contributed by atoms with Crippen LogP contribution < -0.4 is 15.0 Å². The molecule has 2 fully saturated rings. The first kappa shape index (κ1) is 23.7. The molecule has 2 aromatic carbocycles. The largest absolute Gasteiger partial charge is 0.497 e. The summed E-state index contributed by atoms with van der Waals surface area (Å²) in [6, 6.07) is 12.6. The number of amides is 2. The van der Waals surface area contributed by atoms with Crippen LogP contribution in [0, 0.1) is 0 Å². The molecule has 0 saturated carbocycles. The van der Waals surface area contributed by atoms with Gasteiger partial charge < -0.3 is 19.9 Å². The zero-order valence-electron chi connectivity index (χ0n) is 18.6. The van der Waals surface area contributed by atoms with Crippen LogP contribution in [-0.4, -0.2) is 74.0 Å². The van der Waals surface area contributed by atoms with Gasteiger partial charge in [-0.2, -0.15) is 0 Å². The van der Waals surface area contributed by atoms with Crippen molar-refractivity contribution in [2.45, 2.75) is 18.9 Å². The number of halogens is 2. The lowest BCUT2D eigenvalue weighted by Gasteiger charge is -2.37. The van der Waals surface area contributed by atoms with E-state index < -0.39 is 0 Å². The molecule has 0 radical (unpaired) electrons. The Labute approximate surface area is 204 Å². The van der Waals surface area contributed by atoms with Gasteiger partial charge in [0.05, 0.1) is 30.4 Å². The van der Waals surface area contributed by atoms with E-state index in [-0.39, 0.29) is 24.4 Å². The van der Waals surface area contributed by atoms with Crippen molar-refractivity contribution >= 4 is 46.4 Å². The van der Waals surface area contributed by atoms with Crippen LogP contribution in [0.1, 0.15) is 12.8 Å². The number of anilines is 2. The molecule has 1 unspecified atom stereocenters. The van der Waals surface area contributed by atoms with E-state index in [0.717, 1.165) is 37.5 Å². The van der Waals surface area contributed by atoms with Gasteiger partial charge in [0.2, 0.25) is 11.8 Å². The van der Waals surface area contributed by atoms with Crippen molar-refractivity contribution < 1.29 is 14.3 Å². The Balaban J connectivity index is 1.30. The van der Waals surface area contributed by atoms with E-state index in [1.807, 2.05) is 34.1 Å². The summed E-state index contributed by atoms with van der Waals surface area (Å²) in [5.74, 6) is 0.730. The first-order valence-corrected chi connectivity index (χ1v) is 11.9. The first-order valence-electron chi connectivity index (χ1n) is 11.1. The highest BCUT2D eigenvalue weighted by atomic mass is 35.5. The molecule has 2 heterocycles. The van der Waals surface area contributed by atoms with Crippen LogP contribution in [0.5, 0.6) is 5.75 Å². The maximum atomic E-state index is 13.0. The van der Waals surface area contributed by atoms with Crippen molar-refractivity contribution in [2.75, 3.05) is 56.6 Å². The minimum absolute atomic E-state index is 0.0601. The molecule has 7 nitrogen and oxygen atoms in total. The summed E-state index contributed by atoms with van der Waals surface area (Å²) in [4.78, 5) is 32.0. The zero-order chi connectivity index (χ0) is 23.4. The zero-order valence-corrected chi connectivity index (χ0v) is 20.1. The maximum absolute atomic E-state index is 13.0. The first-order chi connectivity index (χ1) is 15.9. The van der Waals surface area contributed by atoms with E-state index in [0.29, 0.717) is 35.2 Å². The average molecular weight is 491 g/mol. The summed E-state index contributed by atoms with van der Waals surface area (Å²) in [5.41, 5.74) is 1.61. The predicted molar refractivity (Wildman–Crippen MR) is 131 cm³/mol. The van der Waals surface area contributed by atoms with Crippen LogP contribution in [0.25, 0.3) is 0 Å². The number of nitrogens with zero attached hydrogens (tertiary/aromatic N) is 3. The monoisotopic (exact) mass is 490 g/mol. The lowest BCUT2D eigenvalue weighted by molar-refractivity contribution is -0.133. The van der Waals surface area contributed by atoms with E-state index >= 15 is 0 Å². The third-order valence-electron chi connectivity index (χ3n) is 6.26. The number of piperazine rings is 1. The quantitative estimate of drug-likeness (QED) is 0.667. The number of carbonyl (C=O) groups is 2. The molecule has 1 N–H and O–H groups in total. The molecular weight excluding hydrogens is 463 g/mol. The number of nitrogens with one attached hydrogen (secondary N) is 1. The van der Waals surface area contributed by atoms with Crippen molar-refractivity contribution in [1.82, 2.24) is 9.80 Å². The minimum Gasteiger partial charge on any atom is -0.497 e. The summed E-state index contributed by atoms with van der Waals surface area (Å²) in [6.45, 7) is 3.83. The van der Waals surface area contributed by atoms with E-state index in [9.17, 15) is 9.59 Å². The molecule has 0 aliphatic carbocycles. The van der Waals surface area contributed by atoms with Gasteiger partial charge in [0, 0.05) is 36.9 Å². The Hall–Kier alpha value is -2.48.